The molecule has 2 aliphatic carbocycles. The van der Waals surface area contributed by atoms with Crippen LogP contribution in [0, 0.1) is 0 Å². The van der Waals surface area contributed by atoms with E-state index >= 15 is 0 Å². The molecule has 11 rings (SSSR count). The van der Waals surface area contributed by atoms with Gasteiger partial charge < -0.3 is 4.57 Å². The van der Waals surface area contributed by atoms with Gasteiger partial charge in [0, 0.05) is 39.2 Å². The average molecular weight is 643 g/mol. The molecule has 0 radical (unpaired) electrons. The first-order valence-electron chi connectivity index (χ1n) is 17.5. The first-order valence-corrected chi connectivity index (χ1v) is 17.5. The van der Waals surface area contributed by atoms with Crippen LogP contribution in [0.25, 0.3) is 77.6 Å². The van der Waals surface area contributed by atoms with Gasteiger partial charge in [-0.15, -0.1) is 0 Å². The Morgan fingerprint density at radius 1 is 0.440 bits per heavy atom. The average Bonchev–Trinajstić information content (AvgIpc) is 3.79. The lowest BCUT2D eigenvalue weighted by Crippen LogP contribution is -2.15. The topological polar surface area (TPSA) is 35.6 Å². The Morgan fingerprint density at radius 2 is 1.00 bits per heavy atom. The van der Waals surface area contributed by atoms with Crippen LogP contribution in [-0.2, 0) is 10.8 Å². The quantitative estimate of drug-likeness (QED) is 0.188. The minimum absolute atomic E-state index is 0.0927. The Morgan fingerprint density at radius 3 is 1.68 bits per heavy atom. The van der Waals surface area contributed by atoms with E-state index in [0.717, 1.165) is 50.0 Å². The van der Waals surface area contributed by atoms with Crippen molar-refractivity contribution in [2.45, 2.75) is 38.5 Å². The summed E-state index contributed by atoms with van der Waals surface area (Å²) in [5, 5.41) is 2.32. The van der Waals surface area contributed by atoms with Gasteiger partial charge in [0.15, 0.2) is 0 Å². The van der Waals surface area contributed by atoms with Crippen LogP contribution in [0.1, 0.15) is 49.9 Å². The number of hydrogen-bond donors (Lipinski definition) is 0. The van der Waals surface area contributed by atoms with Crippen molar-refractivity contribution in [1.29, 1.82) is 0 Å². The summed E-state index contributed by atoms with van der Waals surface area (Å²) in [6, 6.07) is 46.8. The van der Waals surface area contributed by atoms with Gasteiger partial charge in [-0.2, -0.15) is 0 Å². The van der Waals surface area contributed by atoms with Crippen LogP contribution in [0.3, 0.4) is 0 Å². The molecule has 9 aromatic rings. The normalized spacial score (nSPS) is 15.1. The Balaban J connectivity index is 1.18. The predicted octanol–water partition coefficient (Wildman–Crippen LogP) is 11.3. The Kier molecular flexibility index (Phi) is 5.23. The maximum atomic E-state index is 5.55. The fourth-order valence-corrected chi connectivity index (χ4v) is 9.31. The number of hydrogen-bond acceptors (Lipinski definition) is 2. The van der Waals surface area contributed by atoms with Crippen LogP contribution in [0.5, 0.6) is 0 Å². The zero-order valence-corrected chi connectivity index (χ0v) is 28.5. The highest BCUT2D eigenvalue weighted by molar-refractivity contribution is 6.15. The molecule has 4 nitrogen and oxygen atoms in total. The van der Waals surface area contributed by atoms with E-state index in [1.54, 1.807) is 0 Å². The second-order valence-corrected chi connectivity index (χ2v) is 15.1. The van der Waals surface area contributed by atoms with Gasteiger partial charge in [-0.25, -0.2) is 4.98 Å². The lowest BCUT2D eigenvalue weighted by molar-refractivity contribution is 0.660. The minimum Gasteiger partial charge on any atom is -0.306 e. The van der Waals surface area contributed by atoms with Crippen LogP contribution < -0.4 is 0 Å². The summed E-state index contributed by atoms with van der Waals surface area (Å²) in [5.41, 5.74) is 18.9. The van der Waals surface area contributed by atoms with E-state index in [0.29, 0.717) is 0 Å². The standard InChI is InChI=1S/C46H34N4/c1-45(2)35-15-8-5-12-29(35)31-21-19-27(24-37(31)45)49-40-18-11-23-47-42(40)43-41(49)26-34-33-14-7-10-17-39(33)50(44(34)48-43)28-20-22-32-30-13-6-9-16-36(30)46(3,4)38(32)25-28/h5-26H,1-4H3. The van der Waals surface area contributed by atoms with Gasteiger partial charge in [0.2, 0.25) is 0 Å². The molecule has 0 saturated heterocycles. The van der Waals surface area contributed by atoms with Gasteiger partial charge >= 0.3 is 0 Å². The number of aromatic nitrogens is 4. The first kappa shape index (κ1) is 27.9. The summed E-state index contributed by atoms with van der Waals surface area (Å²) >= 11 is 0. The van der Waals surface area contributed by atoms with E-state index in [1.165, 1.54) is 49.9 Å². The van der Waals surface area contributed by atoms with Crippen molar-refractivity contribution in [1.82, 2.24) is 19.1 Å². The zero-order chi connectivity index (χ0) is 33.5. The van der Waals surface area contributed by atoms with Gasteiger partial charge in [0.05, 0.1) is 16.6 Å². The fraction of sp³-hybridized carbons (Fsp3) is 0.130. The molecule has 0 atom stereocenters. The summed E-state index contributed by atoms with van der Waals surface area (Å²) in [5.74, 6) is 0. The molecule has 0 spiro atoms. The van der Waals surface area contributed by atoms with Crippen LogP contribution in [0.4, 0.5) is 0 Å². The highest BCUT2D eigenvalue weighted by Gasteiger charge is 2.37. The second kappa shape index (κ2) is 9.36. The highest BCUT2D eigenvalue weighted by atomic mass is 15.1. The van der Waals surface area contributed by atoms with Crippen LogP contribution in [0.15, 0.2) is 134 Å². The Bertz CT molecular complexity index is 2730. The molecular weight excluding hydrogens is 609 g/mol. The third kappa shape index (κ3) is 3.40. The van der Waals surface area contributed by atoms with E-state index in [9.17, 15) is 0 Å². The van der Waals surface area contributed by atoms with Gasteiger partial charge in [-0.1, -0.05) is 107 Å². The number of benzene rings is 5. The molecule has 4 heteroatoms. The number of para-hydroxylation sites is 1. The molecule has 0 unspecified atom stereocenters. The zero-order valence-electron chi connectivity index (χ0n) is 28.5. The summed E-state index contributed by atoms with van der Waals surface area (Å²) in [7, 11) is 0. The molecule has 0 fully saturated rings. The Labute approximate surface area is 290 Å². The summed E-state index contributed by atoms with van der Waals surface area (Å²) in [6.07, 6.45) is 1.89. The maximum absolute atomic E-state index is 5.55. The van der Waals surface area contributed by atoms with Crippen LogP contribution in [0.2, 0.25) is 0 Å². The molecule has 238 valence electrons. The minimum atomic E-state index is -0.0936. The van der Waals surface area contributed by atoms with E-state index in [-0.39, 0.29) is 10.8 Å². The van der Waals surface area contributed by atoms with Crippen LogP contribution in [-0.4, -0.2) is 19.1 Å². The lowest BCUT2D eigenvalue weighted by Gasteiger charge is -2.22. The maximum Gasteiger partial charge on any atom is 0.146 e. The molecule has 0 bridgehead atoms. The molecule has 0 N–H and O–H groups in total. The van der Waals surface area contributed by atoms with Gasteiger partial charge in [-0.05, 0) is 93.0 Å². The van der Waals surface area contributed by atoms with Crippen molar-refractivity contribution in [3.63, 3.8) is 0 Å². The third-order valence-corrected chi connectivity index (χ3v) is 11.8. The van der Waals surface area contributed by atoms with Crippen molar-refractivity contribution >= 4 is 44.0 Å². The molecule has 4 heterocycles. The van der Waals surface area contributed by atoms with Crippen LogP contribution >= 0.6 is 0 Å². The van der Waals surface area contributed by atoms with E-state index in [1.807, 2.05) is 12.3 Å². The SMILES string of the molecule is CC1(C)c2ccccc2-c2ccc(-n3c4cccnc4c4nc5c(cc43)c3ccccc3n5-c3ccc4c(c3)C(C)(C)c3ccccc3-4)cc21. The predicted molar refractivity (Wildman–Crippen MR) is 206 cm³/mol. The van der Waals surface area contributed by atoms with Gasteiger partial charge in [-0.3, -0.25) is 9.55 Å². The highest BCUT2D eigenvalue weighted by Crippen LogP contribution is 2.51. The van der Waals surface area contributed by atoms with E-state index in [2.05, 4.69) is 158 Å². The monoisotopic (exact) mass is 642 g/mol. The van der Waals surface area contributed by atoms with E-state index < -0.39 is 0 Å². The first-order chi connectivity index (χ1) is 24.3. The molecule has 0 amide bonds. The summed E-state index contributed by atoms with van der Waals surface area (Å²) in [6.45, 7) is 9.37. The third-order valence-electron chi connectivity index (χ3n) is 11.8. The van der Waals surface area contributed by atoms with Gasteiger partial charge in [0.25, 0.3) is 0 Å². The van der Waals surface area contributed by atoms with E-state index in [4.69, 9.17) is 9.97 Å². The molecule has 0 aliphatic heterocycles. The van der Waals surface area contributed by atoms with Crippen molar-refractivity contribution in [3.05, 3.63) is 156 Å². The summed E-state index contributed by atoms with van der Waals surface area (Å²) < 4.78 is 4.72. The smallest absolute Gasteiger partial charge is 0.146 e. The molecule has 0 saturated carbocycles. The van der Waals surface area contributed by atoms with Crippen molar-refractivity contribution in [3.8, 4) is 33.6 Å². The van der Waals surface area contributed by atoms with Gasteiger partial charge in [0.1, 0.15) is 16.7 Å². The van der Waals surface area contributed by atoms with Crippen molar-refractivity contribution in [2.75, 3.05) is 0 Å². The van der Waals surface area contributed by atoms with Crippen molar-refractivity contribution in [2.24, 2.45) is 0 Å². The number of nitrogens with zero attached hydrogens (tertiary/aromatic N) is 4. The van der Waals surface area contributed by atoms with Crippen molar-refractivity contribution < 1.29 is 0 Å². The summed E-state index contributed by atoms with van der Waals surface area (Å²) in [4.78, 5) is 10.5. The lowest BCUT2D eigenvalue weighted by atomic mass is 9.82. The molecule has 50 heavy (non-hydrogen) atoms. The molecular formula is C46H34N4. The number of fused-ring (bicyclic) bond motifs is 12. The fourth-order valence-electron chi connectivity index (χ4n) is 9.31. The molecule has 2 aliphatic rings. The molecule has 5 aromatic carbocycles. The molecule has 4 aromatic heterocycles. The Hall–Kier alpha value is -6.00. The largest absolute Gasteiger partial charge is 0.306 e. The number of pyridine rings is 2. The number of rotatable bonds is 2. The second-order valence-electron chi connectivity index (χ2n) is 15.1.